The van der Waals surface area contributed by atoms with Crippen molar-refractivity contribution in [2.24, 2.45) is 0 Å². The van der Waals surface area contributed by atoms with E-state index in [1.807, 2.05) is 19.2 Å². The summed E-state index contributed by atoms with van der Waals surface area (Å²) < 4.78 is 12.9. The Bertz CT molecular complexity index is 1070. The predicted molar refractivity (Wildman–Crippen MR) is 130 cm³/mol. The van der Waals surface area contributed by atoms with Gasteiger partial charge in [-0.05, 0) is 49.0 Å². The molecule has 1 fully saturated rings. The van der Waals surface area contributed by atoms with Gasteiger partial charge in [-0.25, -0.2) is 0 Å². The smallest absolute Gasteiger partial charge is 0.229 e. The minimum Gasteiger partial charge on any atom is -0.394 e. The number of aliphatic hydroxyl groups excluding tert-OH is 1. The van der Waals surface area contributed by atoms with Crippen LogP contribution < -0.4 is 15.1 Å². The molecule has 1 aromatic heterocycles. The van der Waals surface area contributed by atoms with Crippen molar-refractivity contribution in [1.82, 2.24) is 9.97 Å². The lowest BCUT2D eigenvalue weighted by Crippen LogP contribution is -2.49. The first-order chi connectivity index (χ1) is 15.5. The molecule has 0 amide bonds. The highest BCUT2D eigenvalue weighted by molar-refractivity contribution is 7.85. The average molecular weight is 474 g/mol. The van der Waals surface area contributed by atoms with Crippen molar-refractivity contribution < 1.29 is 9.32 Å². The van der Waals surface area contributed by atoms with Crippen molar-refractivity contribution in [1.29, 1.82) is 0 Å². The minimum atomic E-state index is -1.16. The monoisotopic (exact) mass is 473 g/mol. The van der Waals surface area contributed by atoms with Crippen LogP contribution in [0.4, 0.5) is 17.6 Å². The van der Waals surface area contributed by atoms with E-state index in [0.29, 0.717) is 35.5 Å². The molecule has 170 valence electrons. The van der Waals surface area contributed by atoms with Crippen LogP contribution in [0.3, 0.4) is 0 Å². The van der Waals surface area contributed by atoms with E-state index >= 15 is 0 Å². The maximum atomic E-state index is 12.9. The number of aromatic nitrogens is 2. The van der Waals surface area contributed by atoms with Crippen LogP contribution in [0.5, 0.6) is 0 Å². The molecule has 3 aliphatic rings. The van der Waals surface area contributed by atoms with E-state index in [9.17, 15) is 9.32 Å². The number of hydrogen-bond acceptors (Lipinski definition) is 7. The Morgan fingerprint density at radius 2 is 2.00 bits per heavy atom. The van der Waals surface area contributed by atoms with E-state index < -0.39 is 10.8 Å². The normalized spacial score (nSPS) is 22.1. The molecule has 9 heteroatoms. The topological polar surface area (TPSA) is 81.6 Å². The molecule has 0 spiro atoms. The van der Waals surface area contributed by atoms with Gasteiger partial charge >= 0.3 is 0 Å². The lowest BCUT2D eigenvalue weighted by molar-refractivity contribution is 0.143. The van der Waals surface area contributed by atoms with E-state index in [0.717, 1.165) is 43.1 Å². The molecule has 1 saturated carbocycles. The first kappa shape index (κ1) is 21.7. The Morgan fingerprint density at radius 1 is 1.22 bits per heavy atom. The van der Waals surface area contributed by atoms with Crippen molar-refractivity contribution in [2.45, 2.75) is 36.1 Å². The molecule has 32 heavy (non-hydrogen) atoms. The molecular weight excluding hydrogens is 446 g/mol. The van der Waals surface area contributed by atoms with E-state index in [-0.39, 0.29) is 12.1 Å². The molecule has 1 aromatic carbocycles. The van der Waals surface area contributed by atoms with Gasteiger partial charge in [0.2, 0.25) is 5.95 Å². The van der Waals surface area contributed by atoms with Gasteiger partial charge in [0, 0.05) is 37.5 Å². The molecular formula is C23H28ClN5O2S. The van der Waals surface area contributed by atoms with Crippen LogP contribution in [-0.2, 0) is 10.8 Å². The third kappa shape index (κ3) is 4.00. The number of nitrogens with one attached hydrogen (secondary N) is 1. The second-order valence-corrected chi connectivity index (χ2v) is 10.8. The maximum Gasteiger partial charge on any atom is 0.229 e. The van der Waals surface area contributed by atoms with E-state index in [4.69, 9.17) is 21.6 Å². The zero-order valence-corrected chi connectivity index (χ0v) is 19.8. The fraction of sp³-hybridized carbons (Fsp3) is 0.478. The number of fused-ring (bicyclic) bond motifs is 1. The van der Waals surface area contributed by atoms with Gasteiger partial charge < -0.3 is 20.2 Å². The SMILES string of the molecule is CN1CC[S@](=O)c2c(NC3(CO)CCC3)nc(N3CC=C(c4ccc(Cl)cc4)CC3)nc21. The Labute approximate surface area is 196 Å². The standard InChI is InChI=1S/C23H28ClN5O2S/c1-28-13-14-32(31)19-20(27-23(15-30)9-2-10-23)25-22(26-21(19)28)29-11-7-17(8-12-29)16-3-5-18(24)6-4-16/h3-7,30H,2,8-15H2,1H3,(H,25,26,27)/t32-/m0/s1. The molecule has 3 heterocycles. The lowest BCUT2D eigenvalue weighted by Gasteiger charge is -2.42. The average Bonchev–Trinajstić information content (AvgIpc) is 2.79. The van der Waals surface area contributed by atoms with E-state index in [1.165, 1.54) is 11.1 Å². The lowest BCUT2D eigenvalue weighted by atomic mass is 9.77. The number of anilines is 3. The molecule has 7 nitrogen and oxygen atoms in total. The highest BCUT2D eigenvalue weighted by Gasteiger charge is 2.39. The fourth-order valence-corrected chi connectivity index (χ4v) is 5.99. The van der Waals surface area contributed by atoms with Crippen molar-refractivity contribution in [3.63, 3.8) is 0 Å². The van der Waals surface area contributed by atoms with Crippen molar-refractivity contribution in [3.05, 3.63) is 40.9 Å². The van der Waals surface area contributed by atoms with Gasteiger partial charge in [0.25, 0.3) is 0 Å². The summed E-state index contributed by atoms with van der Waals surface area (Å²) in [6.45, 7) is 2.24. The summed E-state index contributed by atoms with van der Waals surface area (Å²) in [6, 6.07) is 7.95. The molecule has 2 aliphatic heterocycles. The second-order valence-electron chi connectivity index (χ2n) is 8.85. The summed E-state index contributed by atoms with van der Waals surface area (Å²) in [7, 11) is 0.822. The number of benzene rings is 1. The number of nitrogens with zero attached hydrogens (tertiary/aromatic N) is 4. The molecule has 0 saturated heterocycles. The van der Waals surface area contributed by atoms with Crippen molar-refractivity contribution in [3.8, 4) is 0 Å². The number of rotatable bonds is 5. The van der Waals surface area contributed by atoms with E-state index in [2.05, 4.69) is 33.3 Å². The molecule has 0 bridgehead atoms. The van der Waals surface area contributed by atoms with Crippen LogP contribution in [0, 0.1) is 0 Å². The zero-order chi connectivity index (χ0) is 22.3. The number of aliphatic hydroxyl groups is 1. The van der Waals surface area contributed by atoms with Crippen LogP contribution in [0.15, 0.2) is 35.2 Å². The van der Waals surface area contributed by atoms with Crippen LogP contribution in [0.2, 0.25) is 5.02 Å². The Morgan fingerprint density at radius 3 is 2.62 bits per heavy atom. The summed E-state index contributed by atoms with van der Waals surface area (Å²) >= 11 is 6.03. The predicted octanol–water partition coefficient (Wildman–Crippen LogP) is 3.31. The van der Waals surface area contributed by atoms with Gasteiger partial charge in [0.05, 0.1) is 22.9 Å². The third-order valence-corrected chi connectivity index (χ3v) is 8.38. The molecule has 5 rings (SSSR count). The first-order valence-electron chi connectivity index (χ1n) is 11.1. The molecule has 0 radical (unpaired) electrons. The van der Waals surface area contributed by atoms with Crippen LogP contribution >= 0.6 is 11.6 Å². The minimum absolute atomic E-state index is 0.0422. The fourth-order valence-electron chi connectivity index (χ4n) is 4.50. The van der Waals surface area contributed by atoms with Crippen LogP contribution in [0.1, 0.15) is 31.2 Å². The van der Waals surface area contributed by atoms with Crippen molar-refractivity contribution in [2.75, 3.05) is 54.2 Å². The van der Waals surface area contributed by atoms with Gasteiger partial charge in [-0.2, -0.15) is 9.97 Å². The van der Waals surface area contributed by atoms with Gasteiger partial charge in [-0.15, -0.1) is 0 Å². The number of hydrogen-bond donors (Lipinski definition) is 2. The maximum absolute atomic E-state index is 12.9. The van der Waals surface area contributed by atoms with E-state index in [1.54, 1.807) is 0 Å². The summed E-state index contributed by atoms with van der Waals surface area (Å²) in [5, 5.41) is 14.2. The summed E-state index contributed by atoms with van der Waals surface area (Å²) in [4.78, 5) is 14.6. The Balaban J connectivity index is 1.47. The first-order valence-corrected chi connectivity index (χ1v) is 12.8. The van der Waals surface area contributed by atoms with Crippen LogP contribution in [-0.4, -0.2) is 63.9 Å². The summed E-state index contributed by atoms with van der Waals surface area (Å²) in [5.41, 5.74) is 2.11. The van der Waals surface area contributed by atoms with Gasteiger partial charge in [-0.3, -0.25) is 4.21 Å². The zero-order valence-electron chi connectivity index (χ0n) is 18.2. The molecule has 1 aliphatic carbocycles. The summed E-state index contributed by atoms with van der Waals surface area (Å²) in [6.07, 6.45) is 5.94. The Kier molecular flexibility index (Phi) is 5.86. The van der Waals surface area contributed by atoms with Gasteiger partial charge in [0.1, 0.15) is 4.90 Å². The third-order valence-electron chi connectivity index (χ3n) is 6.74. The Hall–Kier alpha value is -2.16. The quantitative estimate of drug-likeness (QED) is 0.689. The highest BCUT2D eigenvalue weighted by atomic mass is 35.5. The molecule has 2 aromatic rings. The molecule has 1 atom stereocenters. The molecule has 0 unspecified atom stereocenters. The largest absolute Gasteiger partial charge is 0.394 e. The van der Waals surface area contributed by atoms with Crippen LogP contribution in [0.25, 0.3) is 5.57 Å². The number of halogens is 1. The highest BCUT2D eigenvalue weighted by Crippen LogP contribution is 2.40. The summed E-state index contributed by atoms with van der Waals surface area (Å²) in [5.74, 6) is 2.53. The van der Waals surface area contributed by atoms with Gasteiger partial charge in [0.15, 0.2) is 11.6 Å². The second kappa shape index (κ2) is 8.65. The van der Waals surface area contributed by atoms with Crippen molar-refractivity contribution >= 4 is 45.6 Å². The molecule has 2 N–H and O–H groups in total. The van der Waals surface area contributed by atoms with Gasteiger partial charge in [-0.1, -0.05) is 29.8 Å².